The molecule has 6 heteroatoms. The lowest BCUT2D eigenvalue weighted by Gasteiger charge is -2.33. The van der Waals surface area contributed by atoms with E-state index in [9.17, 15) is 4.79 Å². The first-order valence-electron chi connectivity index (χ1n) is 8.38. The van der Waals surface area contributed by atoms with Crippen LogP contribution in [0.25, 0.3) is 0 Å². The second kappa shape index (κ2) is 8.13. The van der Waals surface area contributed by atoms with E-state index in [-0.39, 0.29) is 11.8 Å². The summed E-state index contributed by atoms with van der Waals surface area (Å²) >= 11 is 0. The van der Waals surface area contributed by atoms with E-state index in [1.165, 1.54) is 0 Å². The number of carbonyl (C=O) groups excluding carboxylic acids is 1. The molecule has 0 unspecified atom stereocenters. The fourth-order valence-corrected chi connectivity index (χ4v) is 2.80. The molecule has 1 saturated heterocycles. The van der Waals surface area contributed by atoms with Crippen molar-refractivity contribution >= 4 is 11.9 Å². The van der Waals surface area contributed by atoms with Crippen LogP contribution in [-0.2, 0) is 4.79 Å². The Hall–Kier alpha value is -1.85. The lowest BCUT2D eigenvalue weighted by atomic mass is 9.95. The molecule has 2 rings (SSSR count). The molecule has 0 atom stereocenters. The van der Waals surface area contributed by atoms with Gasteiger partial charge in [0.2, 0.25) is 17.7 Å². The van der Waals surface area contributed by atoms with E-state index in [1.54, 1.807) is 19.4 Å². The second-order valence-corrected chi connectivity index (χ2v) is 6.60. The Morgan fingerprint density at radius 3 is 2.74 bits per heavy atom. The van der Waals surface area contributed by atoms with Gasteiger partial charge >= 0.3 is 0 Å². The topological polar surface area (TPSA) is 58.6 Å². The van der Waals surface area contributed by atoms with E-state index in [4.69, 9.17) is 4.74 Å². The Balaban J connectivity index is 1.86. The van der Waals surface area contributed by atoms with E-state index in [0.29, 0.717) is 17.7 Å². The summed E-state index contributed by atoms with van der Waals surface area (Å²) in [6.07, 6.45) is 4.47. The van der Waals surface area contributed by atoms with Crippen LogP contribution in [-0.4, -0.2) is 54.6 Å². The van der Waals surface area contributed by atoms with Gasteiger partial charge in [-0.1, -0.05) is 13.8 Å². The molecule has 0 aromatic carbocycles. The number of hydrogen-bond donors (Lipinski definition) is 0. The number of hydrogen-bond acceptors (Lipinski definition) is 5. The van der Waals surface area contributed by atoms with Gasteiger partial charge in [-0.25, -0.2) is 4.98 Å². The number of nitrogens with zero attached hydrogens (tertiary/aromatic N) is 4. The summed E-state index contributed by atoms with van der Waals surface area (Å²) in [4.78, 5) is 25.2. The van der Waals surface area contributed by atoms with E-state index in [1.807, 2.05) is 11.9 Å². The number of carbonyl (C=O) groups is 1. The van der Waals surface area contributed by atoms with Crippen LogP contribution in [0.4, 0.5) is 5.95 Å². The molecule has 0 bridgehead atoms. The smallest absolute Gasteiger partial charge is 0.228 e. The highest BCUT2D eigenvalue weighted by Gasteiger charge is 2.28. The van der Waals surface area contributed by atoms with E-state index in [0.717, 1.165) is 38.9 Å². The summed E-state index contributed by atoms with van der Waals surface area (Å²) in [7, 11) is 3.52. The maximum absolute atomic E-state index is 12.5. The molecule has 1 amide bonds. The van der Waals surface area contributed by atoms with Crippen LogP contribution in [0.2, 0.25) is 0 Å². The highest BCUT2D eigenvalue weighted by Crippen LogP contribution is 2.23. The average Bonchev–Trinajstić information content (AvgIpc) is 2.59. The second-order valence-electron chi connectivity index (χ2n) is 6.60. The van der Waals surface area contributed by atoms with Crippen LogP contribution in [0.15, 0.2) is 12.3 Å². The molecule has 0 N–H and O–H groups in total. The number of methoxy groups -OCH3 is 1. The van der Waals surface area contributed by atoms with Crippen molar-refractivity contribution in [2.75, 3.05) is 38.7 Å². The van der Waals surface area contributed by atoms with Crippen molar-refractivity contribution < 1.29 is 9.53 Å². The summed E-state index contributed by atoms with van der Waals surface area (Å²) in [5.41, 5.74) is 0. The van der Waals surface area contributed by atoms with Crippen molar-refractivity contribution in [1.82, 2.24) is 14.9 Å². The molecule has 0 aliphatic carbocycles. The summed E-state index contributed by atoms with van der Waals surface area (Å²) in [6.45, 7) is 6.83. The maximum atomic E-state index is 12.5. The Kier molecular flexibility index (Phi) is 6.19. The molecule has 1 aliphatic rings. The van der Waals surface area contributed by atoms with Gasteiger partial charge in [0.15, 0.2) is 0 Å². The molecule has 1 aromatic heterocycles. The first-order chi connectivity index (χ1) is 11.0. The van der Waals surface area contributed by atoms with Gasteiger partial charge in [-0.05, 0) is 25.2 Å². The molecular formula is C17H28N4O2. The Bertz CT molecular complexity index is 513. The van der Waals surface area contributed by atoms with E-state index >= 15 is 0 Å². The van der Waals surface area contributed by atoms with Crippen LogP contribution >= 0.6 is 0 Å². The Morgan fingerprint density at radius 2 is 2.13 bits per heavy atom. The summed E-state index contributed by atoms with van der Waals surface area (Å²) in [5.74, 6) is 2.27. The van der Waals surface area contributed by atoms with Crippen LogP contribution in [0.3, 0.4) is 0 Å². The summed E-state index contributed by atoms with van der Waals surface area (Å²) < 4.78 is 5.14. The van der Waals surface area contributed by atoms with E-state index in [2.05, 4.69) is 28.7 Å². The first-order valence-corrected chi connectivity index (χ1v) is 8.38. The van der Waals surface area contributed by atoms with Gasteiger partial charge in [0.25, 0.3) is 0 Å². The maximum Gasteiger partial charge on any atom is 0.228 e. The minimum Gasteiger partial charge on any atom is -0.481 e. The van der Waals surface area contributed by atoms with Crippen molar-refractivity contribution in [3.8, 4) is 5.88 Å². The fraction of sp³-hybridized carbons (Fsp3) is 0.706. The number of rotatable bonds is 6. The van der Waals surface area contributed by atoms with Crippen molar-refractivity contribution in [3.05, 3.63) is 12.3 Å². The minimum absolute atomic E-state index is 0.119. The summed E-state index contributed by atoms with van der Waals surface area (Å²) in [6, 6.07) is 1.74. The van der Waals surface area contributed by atoms with Gasteiger partial charge in [0.1, 0.15) is 0 Å². The van der Waals surface area contributed by atoms with Gasteiger partial charge in [0.05, 0.1) is 7.11 Å². The fourth-order valence-electron chi connectivity index (χ4n) is 2.80. The summed E-state index contributed by atoms with van der Waals surface area (Å²) in [5, 5.41) is 0. The molecule has 1 aliphatic heterocycles. The molecule has 6 nitrogen and oxygen atoms in total. The molecule has 0 radical (unpaired) electrons. The van der Waals surface area contributed by atoms with Gasteiger partial charge in [-0.2, -0.15) is 4.98 Å². The predicted octanol–water partition coefficient (Wildman–Crippen LogP) is 2.21. The normalized spacial score (nSPS) is 15.8. The van der Waals surface area contributed by atoms with Crippen molar-refractivity contribution in [2.24, 2.45) is 11.8 Å². The van der Waals surface area contributed by atoms with Gasteiger partial charge in [0, 0.05) is 44.9 Å². The van der Waals surface area contributed by atoms with Crippen molar-refractivity contribution in [1.29, 1.82) is 0 Å². The number of anilines is 1. The molecule has 23 heavy (non-hydrogen) atoms. The highest BCUT2D eigenvalue weighted by molar-refractivity contribution is 5.78. The largest absolute Gasteiger partial charge is 0.481 e. The van der Waals surface area contributed by atoms with Crippen LogP contribution in [0.5, 0.6) is 5.88 Å². The zero-order chi connectivity index (χ0) is 16.8. The van der Waals surface area contributed by atoms with Crippen molar-refractivity contribution in [2.45, 2.75) is 33.1 Å². The molecule has 0 saturated carbocycles. The van der Waals surface area contributed by atoms with Gasteiger partial charge < -0.3 is 14.5 Å². The van der Waals surface area contributed by atoms with Gasteiger partial charge in [-0.15, -0.1) is 0 Å². The van der Waals surface area contributed by atoms with E-state index < -0.39 is 0 Å². The highest BCUT2D eigenvalue weighted by atomic mass is 16.5. The van der Waals surface area contributed by atoms with Crippen LogP contribution < -0.4 is 9.64 Å². The van der Waals surface area contributed by atoms with Crippen LogP contribution in [0.1, 0.15) is 33.1 Å². The number of amides is 1. The minimum atomic E-state index is 0.119. The molecule has 1 fully saturated rings. The third-order valence-electron chi connectivity index (χ3n) is 4.37. The number of ether oxygens (including phenoxy) is 1. The van der Waals surface area contributed by atoms with Crippen molar-refractivity contribution in [3.63, 3.8) is 0 Å². The average molecular weight is 320 g/mol. The molecule has 128 valence electrons. The lowest BCUT2D eigenvalue weighted by molar-refractivity contribution is -0.135. The molecular weight excluding hydrogens is 292 g/mol. The number of aromatic nitrogens is 2. The zero-order valence-corrected chi connectivity index (χ0v) is 14.7. The lowest BCUT2D eigenvalue weighted by Crippen LogP contribution is -2.42. The molecule has 0 spiro atoms. The monoisotopic (exact) mass is 320 g/mol. The Morgan fingerprint density at radius 1 is 1.43 bits per heavy atom. The third kappa shape index (κ3) is 4.81. The third-order valence-corrected chi connectivity index (χ3v) is 4.37. The SMILES string of the molecule is COc1ccnc(N2CCC(C(=O)N(C)CCC(C)C)CC2)n1. The molecule has 1 aromatic rings. The van der Waals surface area contributed by atoms with Crippen LogP contribution in [0, 0.1) is 11.8 Å². The standard InChI is InChI=1S/C17H28N4O2/c1-13(2)6-10-20(3)16(22)14-7-11-21(12-8-14)17-18-9-5-15(19-17)23-4/h5,9,13-14H,6-8,10-12H2,1-4H3. The molecule has 2 heterocycles. The zero-order valence-electron chi connectivity index (χ0n) is 14.7. The number of piperidine rings is 1. The van der Waals surface area contributed by atoms with Gasteiger partial charge in [-0.3, -0.25) is 4.79 Å². The Labute approximate surface area is 138 Å². The predicted molar refractivity (Wildman–Crippen MR) is 90.6 cm³/mol. The first kappa shape index (κ1) is 17.5. The quantitative estimate of drug-likeness (QED) is 0.804.